The third-order valence-corrected chi connectivity index (χ3v) is 4.06. The molecule has 0 bridgehead atoms. The van der Waals surface area contributed by atoms with E-state index in [2.05, 4.69) is 4.74 Å². The Kier molecular flexibility index (Phi) is 2.36. The summed E-state index contributed by atoms with van der Waals surface area (Å²) in [7, 11) is -4.00. The molecule has 1 aromatic carbocycles. The first-order chi connectivity index (χ1) is 8.46. The second kappa shape index (κ2) is 3.89. The fourth-order valence-electron chi connectivity index (χ4n) is 1.44. The highest BCUT2D eigenvalue weighted by molar-refractivity contribution is 7.89. The van der Waals surface area contributed by atoms with E-state index in [0.717, 1.165) is 12.1 Å². The molecule has 1 aliphatic heterocycles. The molecule has 6 heteroatoms. The van der Waals surface area contributed by atoms with Crippen molar-refractivity contribution in [1.29, 1.82) is 0 Å². The fraction of sp³-hybridized carbons (Fsp3) is 0.182. The van der Waals surface area contributed by atoms with Gasteiger partial charge in [0.1, 0.15) is 6.61 Å². The van der Waals surface area contributed by atoms with E-state index in [1.54, 1.807) is 12.1 Å². The summed E-state index contributed by atoms with van der Waals surface area (Å²) in [6, 6.07) is 6.10. The van der Waals surface area contributed by atoms with E-state index < -0.39 is 16.1 Å². The number of rotatable bonds is 2. The van der Waals surface area contributed by atoms with Crippen LogP contribution < -0.4 is 0 Å². The topological polar surface area (TPSA) is 63.7 Å². The highest BCUT2D eigenvalue weighted by Gasteiger charge is 2.37. The third-order valence-electron chi connectivity index (χ3n) is 2.33. The van der Waals surface area contributed by atoms with Crippen molar-refractivity contribution < 1.29 is 19.3 Å². The maximum absolute atomic E-state index is 12.2. The lowest BCUT2D eigenvalue weighted by atomic mass is 10.2. The molecule has 0 aromatic heterocycles. The second-order valence-electron chi connectivity index (χ2n) is 3.63. The van der Waals surface area contributed by atoms with Crippen molar-refractivity contribution in [3.63, 3.8) is 0 Å². The van der Waals surface area contributed by atoms with Gasteiger partial charge in [-0.3, -0.25) is 0 Å². The van der Waals surface area contributed by atoms with Crippen LogP contribution in [0.4, 0.5) is 4.79 Å². The van der Waals surface area contributed by atoms with Crippen molar-refractivity contribution in [1.82, 2.24) is 4.31 Å². The molecule has 17 heavy (non-hydrogen) atoms. The Hall–Kier alpha value is -1.82. The Balaban J connectivity index is 2.48. The summed E-state index contributed by atoms with van der Waals surface area (Å²) in [4.78, 5) is 11.4. The Labute approximate surface area is 101 Å². The Morgan fingerprint density at radius 2 is 2.06 bits per heavy atom. The van der Waals surface area contributed by atoms with E-state index in [1.807, 2.05) is 6.92 Å². The number of cyclic esters (lactones) is 1. The number of hydrogen-bond donors (Lipinski definition) is 0. The molecule has 0 atom stereocenters. The van der Waals surface area contributed by atoms with Crippen molar-refractivity contribution >= 4 is 16.1 Å². The van der Waals surface area contributed by atoms with E-state index in [4.69, 9.17) is 1.37 Å². The summed E-state index contributed by atoms with van der Waals surface area (Å²) < 4.78 is 36.7. The molecule has 1 heterocycles. The first-order valence-corrected chi connectivity index (χ1v) is 6.27. The van der Waals surface area contributed by atoms with Crippen molar-refractivity contribution in [2.24, 2.45) is 0 Å². The number of benzene rings is 1. The van der Waals surface area contributed by atoms with Crippen LogP contribution in [0.5, 0.6) is 0 Å². The first-order valence-electron chi connectivity index (χ1n) is 5.41. The number of sulfonamides is 1. The first kappa shape index (κ1) is 10.3. The van der Waals surface area contributed by atoms with Gasteiger partial charge in [0.05, 0.1) is 12.0 Å². The molecular weight excluding hydrogens is 242 g/mol. The van der Waals surface area contributed by atoms with Crippen LogP contribution in [0.3, 0.4) is 0 Å². The van der Waals surface area contributed by atoms with Gasteiger partial charge < -0.3 is 4.74 Å². The molecule has 0 unspecified atom stereocenters. The zero-order valence-corrected chi connectivity index (χ0v) is 9.90. The van der Waals surface area contributed by atoms with Crippen LogP contribution in [0.15, 0.2) is 41.4 Å². The van der Waals surface area contributed by atoms with E-state index >= 15 is 0 Å². The number of ether oxygens (including phenoxy) is 1. The predicted octanol–water partition coefficient (Wildman–Crippen LogP) is 1.65. The quantitative estimate of drug-likeness (QED) is 0.805. The van der Waals surface area contributed by atoms with Gasteiger partial charge in [-0.1, -0.05) is 24.3 Å². The average Bonchev–Trinajstić information content (AvgIpc) is 2.71. The van der Waals surface area contributed by atoms with E-state index in [9.17, 15) is 13.2 Å². The largest absolute Gasteiger partial charge is 0.442 e. The summed E-state index contributed by atoms with van der Waals surface area (Å²) >= 11 is 0. The number of carbonyl (C=O) groups excluding carboxylic acids is 1. The molecule has 0 radical (unpaired) electrons. The van der Waals surface area contributed by atoms with Gasteiger partial charge in [0.15, 0.2) is 0 Å². The van der Waals surface area contributed by atoms with Gasteiger partial charge in [-0.15, -0.1) is 0 Å². The van der Waals surface area contributed by atoms with Gasteiger partial charge in [0.25, 0.3) is 10.0 Å². The minimum Gasteiger partial charge on any atom is -0.442 e. The highest BCUT2D eigenvalue weighted by Crippen LogP contribution is 2.24. The summed E-state index contributed by atoms with van der Waals surface area (Å²) in [6.07, 6.45) is -0.978. The standard InChI is InChI=1S/C11H11NO4S/c1-8-3-5-10(6-4-8)17(14,15)12-9(2)7-16-11(12)13/h3-6H,2,7H2,1H3/i2D. The maximum atomic E-state index is 12.2. The number of amides is 1. The van der Waals surface area contributed by atoms with Crippen molar-refractivity contribution in [3.8, 4) is 0 Å². The van der Waals surface area contributed by atoms with Gasteiger partial charge in [0.2, 0.25) is 0 Å². The molecule has 0 saturated carbocycles. The predicted molar refractivity (Wildman–Crippen MR) is 60.7 cm³/mol. The smallest absolute Gasteiger partial charge is 0.428 e. The molecule has 0 aliphatic carbocycles. The van der Waals surface area contributed by atoms with Crippen LogP contribution in [0.1, 0.15) is 6.93 Å². The average molecular weight is 254 g/mol. The minimum absolute atomic E-state index is 0.000532. The fourth-order valence-corrected chi connectivity index (χ4v) is 2.74. The van der Waals surface area contributed by atoms with Crippen molar-refractivity contribution in [3.05, 3.63) is 42.1 Å². The molecule has 90 valence electrons. The maximum Gasteiger partial charge on any atom is 0.428 e. The molecule has 1 fully saturated rings. The van der Waals surface area contributed by atoms with Crippen LogP contribution in [0.2, 0.25) is 0 Å². The molecule has 0 spiro atoms. The van der Waals surface area contributed by atoms with E-state index in [-0.39, 0.29) is 17.2 Å². The lowest BCUT2D eigenvalue weighted by Gasteiger charge is -2.14. The molecule has 2 rings (SSSR count). The lowest BCUT2D eigenvalue weighted by Crippen LogP contribution is -2.30. The third kappa shape index (κ3) is 1.91. The van der Waals surface area contributed by atoms with Crippen molar-refractivity contribution in [2.75, 3.05) is 6.61 Å². The van der Waals surface area contributed by atoms with Gasteiger partial charge in [-0.05, 0) is 19.1 Å². The number of aryl methyl sites for hydroxylation is 1. The molecule has 5 nitrogen and oxygen atoms in total. The lowest BCUT2D eigenvalue weighted by molar-refractivity contribution is 0.170. The van der Waals surface area contributed by atoms with Crippen molar-refractivity contribution in [2.45, 2.75) is 11.8 Å². The van der Waals surface area contributed by atoms with E-state index in [1.165, 1.54) is 12.1 Å². The van der Waals surface area contributed by atoms with Crippen LogP contribution in [-0.4, -0.2) is 25.4 Å². The normalized spacial score (nSPS) is 19.4. The Morgan fingerprint density at radius 1 is 1.41 bits per heavy atom. The summed E-state index contributed by atoms with van der Waals surface area (Å²) in [5, 5.41) is 0. The number of carbonyl (C=O) groups is 1. The molecular formula is C11H11NO4S. The zero-order chi connectivity index (χ0) is 13.3. The molecule has 0 N–H and O–H groups in total. The van der Waals surface area contributed by atoms with Gasteiger partial charge in [-0.2, -0.15) is 4.31 Å². The minimum atomic E-state index is -4.00. The van der Waals surface area contributed by atoms with Crippen LogP contribution in [-0.2, 0) is 14.8 Å². The van der Waals surface area contributed by atoms with Crippen LogP contribution >= 0.6 is 0 Å². The SMILES string of the molecule is [2H]C=C1COC(=O)N1S(=O)(=O)c1ccc(C)cc1. The second-order valence-corrected chi connectivity index (χ2v) is 5.42. The number of hydrogen-bond acceptors (Lipinski definition) is 4. The molecule has 1 aromatic rings. The van der Waals surface area contributed by atoms with Gasteiger partial charge in [0, 0.05) is 0 Å². The summed E-state index contributed by atoms with van der Waals surface area (Å²) in [6.45, 7) is 2.43. The molecule has 1 saturated heterocycles. The van der Waals surface area contributed by atoms with E-state index in [0.29, 0.717) is 4.31 Å². The zero-order valence-electron chi connectivity index (χ0n) is 10.1. The molecule has 1 amide bonds. The van der Waals surface area contributed by atoms with Crippen LogP contribution in [0, 0.1) is 6.92 Å². The molecule has 1 aliphatic rings. The summed E-state index contributed by atoms with van der Waals surface area (Å²) in [5.41, 5.74) is 0.912. The number of nitrogens with zero attached hydrogens (tertiary/aromatic N) is 1. The van der Waals surface area contributed by atoms with Gasteiger partial charge >= 0.3 is 6.09 Å². The Bertz CT molecular complexity index is 606. The van der Waals surface area contributed by atoms with Crippen LogP contribution in [0.25, 0.3) is 0 Å². The van der Waals surface area contributed by atoms with Gasteiger partial charge in [-0.25, -0.2) is 13.2 Å². The Morgan fingerprint density at radius 3 is 2.65 bits per heavy atom. The highest BCUT2D eigenvalue weighted by atomic mass is 32.2. The monoisotopic (exact) mass is 254 g/mol. The summed E-state index contributed by atoms with van der Waals surface area (Å²) in [5.74, 6) is 0.